The highest BCUT2D eigenvalue weighted by molar-refractivity contribution is 5.84. The number of hydrogen-bond donors (Lipinski definition) is 1. The zero-order valence-corrected chi connectivity index (χ0v) is 15.2. The van der Waals surface area contributed by atoms with E-state index in [0.717, 1.165) is 18.4 Å². The average molecular weight is 358 g/mol. The highest BCUT2D eigenvalue weighted by Gasteiger charge is 2.43. The van der Waals surface area contributed by atoms with Crippen molar-refractivity contribution in [2.45, 2.75) is 32.6 Å². The SMILES string of the molecule is CC1(C(=O)O)CCN(C(=O)C2CCCN(C(=O)Cc3ccccc3)C2)C1. The second-order valence-electron chi connectivity index (χ2n) is 7.72. The molecule has 1 aromatic rings. The van der Waals surface area contributed by atoms with Crippen LogP contribution in [0.5, 0.6) is 0 Å². The van der Waals surface area contributed by atoms with E-state index in [1.807, 2.05) is 30.3 Å². The third kappa shape index (κ3) is 3.89. The van der Waals surface area contributed by atoms with Crippen LogP contribution in [0.3, 0.4) is 0 Å². The molecule has 0 aromatic heterocycles. The molecule has 2 heterocycles. The molecule has 2 atom stereocenters. The zero-order valence-electron chi connectivity index (χ0n) is 15.2. The lowest BCUT2D eigenvalue weighted by atomic mass is 9.90. The number of carbonyl (C=O) groups excluding carboxylic acids is 2. The molecule has 6 nitrogen and oxygen atoms in total. The minimum absolute atomic E-state index is 0.00724. The Morgan fingerprint density at radius 1 is 1.15 bits per heavy atom. The van der Waals surface area contributed by atoms with E-state index in [2.05, 4.69) is 0 Å². The molecule has 26 heavy (non-hydrogen) atoms. The number of piperidine rings is 1. The Kier molecular flexibility index (Phi) is 5.30. The maximum atomic E-state index is 12.8. The largest absolute Gasteiger partial charge is 0.481 e. The van der Waals surface area contributed by atoms with Crippen LogP contribution < -0.4 is 0 Å². The number of carboxylic acids is 1. The smallest absolute Gasteiger partial charge is 0.311 e. The molecule has 2 unspecified atom stereocenters. The van der Waals surface area contributed by atoms with Crippen molar-refractivity contribution in [3.8, 4) is 0 Å². The minimum atomic E-state index is -0.854. The van der Waals surface area contributed by atoms with Gasteiger partial charge in [-0.25, -0.2) is 0 Å². The van der Waals surface area contributed by atoms with Crippen LogP contribution in [0.25, 0.3) is 0 Å². The van der Waals surface area contributed by atoms with Crippen LogP contribution in [0.15, 0.2) is 30.3 Å². The van der Waals surface area contributed by atoms with Gasteiger partial charge >= 0.3 is 5.97 Å². The Labute approximate surface area is 153 Å². The number of nitrogens with zero attached hydrogens (tertiary/aromatic N) is 2. The summed E-state index contributed by atoms with van der Waals surface area (Å²) >= 11 is 0. The number of amides is 2. The molecule has 140 valence electrons. The Morgan fingerprint density at radius 3 is 2.54 bits per heavy atom. The van der Waals surface area contributed by atoms with Gasteiger partial charge in [0.05, 0.1) is 17.8 Å². The first-order chi connectivity index (χ1) is 12.4. The number of carboxylic acid groups (broad SMARTS) is 1. The van der Waals surface area contributed by atoms with Crippen LogP contribution in [-0.4, -0.2) is 58.9 Å². The van der Waals surface area contributed by atoms with Gasteiger partial charge in [-0.05, 0) is 31.7 Å². The van der Waals surface area contributed by atoms with E-state index in [1.165, 1.54) is 0 Å². The summed E-state index contributed by atoms with van der Waals surface area (Å²) in [5.41, 5.74) is 0.121. The van der Waals surface area contributed by atoms with Gasteiger partial charge in [0.2, 0.25) is 11.8 Å². The topological polar surface area (TPSA) is 77.9 Å². The van der Waals surface area contributed by atoms with Gasteiger partial charge in [0, 0.05) is 26.2 Å². The van der Waals surface area contributed by atoms with Crippen molar-refractivity contribution in [1.82, 2.24) is 9.80 Å². The first-order valence-electron chi connectivity index (χ1n) is 9.23. The summed E-state index contributed by atoms with van der Waals surface area (Å²) in [6, 6.07) is 9.61. The molecule has 3 rings (SSSR count). The number of hydrogen-bond acceptors (Lipinski definition) is 3. The summed E-state index contributed by atoms with van der Waals surface area (Å²) in [5.74, 6) is -1.03. The van der Waals surface area contributed by atoms with Crippen LogP contribution in [0.4, 0.5) is 0 Å². The van der Waals surface area contributed by atoms with Crippen molar-refractivity contribution in [2.75, 3.05) is 26.2 Å². The molecule has 0 saturated carbocycles. The second-order valence-corrected chi connectivity index (χ2v) is 7.72. The van der Waals surface area contributed by atoms with Gasteiger partial charge in [0.15, 0.2) is 0 Å². The summed E-state index contributed by atoms with van der Waals surface area (Å²) in [6.07, 6.45) is 2.40. The molecular formula is C20H26N2O4. The van der Waals surface area contributed by atoms with Gasteiger partial charge in [-0.15, -0.1) is 0 Å². The number of benzene rings is 1. The summed E-state index contributed by atoms with van der Waals surface area (Å²) in [6.45, 7) is 3.55. The molecule has 0 bridgehead atoms. The van der Waals surface area contributed by atoms with E-state index in [9.17, 15) is 19.5 Å². The van der Waals surface area contributed by atoms with E-state index >= 15 is 0 Å². The lowest BCUT2D eigenvalue weighted by Gasteiger charge is -2.34. The molecule has 0 spiro atoms. The van der Waals surface area contributed by atoms with Crippen LogP contribution in [-0.2, 0) is 20.8 Å². The van der Waals surface area contributed by atoms with E-state index in [-0.39, 0.29) is 24.3 Å². The number of aliphatic carboxylic acids is 1. The standard InChI is InChI=1S/C20H26N2O4/c1-20(19(25)26)9-11-22(14-20)18(24)16-8-5-10-21(13-16)17(23)12-15-6-3-2-4-7-15/h2-4,6-7,16H,5,8-14H2,1H3,(H,25,26). The predicted molar refractivity (Wildman–Crippen MR) is 96.4 cm³/mol. The highest BCUT2D eigenvalue weighted by atomic mass is 16.4. The van der Waals surface area contributed by atoms with Gasteiger partial charge in [0.25, 0.3) is 0 Å². The van der Waals surface area contributed by atoms with E-state index in [1.54, 1.807) is 16.7 Å². The van der Waals surface area contributed by atoms with E-state index < -0.39 is 11.4 Å². The minimum Gasteiger partial charge on any atom is -0.481 e. The molecule has 1 N–H and O–H groups in total. The molecule has 0 aliphatic carbocycles. The van der Waals surface area contributed by atoms with Crippen molar-refractivity contribution >= 4 is 17.8 Å². The van der Waals surface area contributed by atoms with Crippen LogP contribution >= 0.6 is 0 Å². The molecule has 2 amide bonds. The third-order valence-electron chi connectivity index (χ3n) is 5.62. The summed E-state index contributed by atoms with van der Waals surface area (Å²) in [4.78, 5) is 40.3. The highest BCUT2D eigenvalue weighted by Crippen LogP contribution is 2.32. The fraction of sp³-hybridized carbons (Fsp3) is 0.550. The molecule has 6 heteroatoms. The fourth-order valence-electron chi connectivity index (χ4n) is 3.87. The monoisotopic (exact) mass is 358 g/mol. The predicted octanol–water partition coefficient (Wildman–Crippen LogP) is 1.79. The van der Waals surface area contributed by atoms with Gasteiger partial charge in [-0.3, -0.25) is 14.4 Å². The van der Waals surface area contributed by atoms with Crippen LogP contribution in [0, 0.1) is 11.3 Å². The fourth-order valence-corrected chi connectivity index (χ4v) is 3.87. The quantitative estimate of drug-likeness (QED) is 0.890. The van der Waals surface area contributed by atoms with Crippen molar-refractivity contribution in [3.05, 3.63) is 35.9 Å². The maximum absolute atomic E-state index is 12.8. The first-order valence-corrected chi connectivity index (χ1v) is 9.23. The molecule has 2 aliphatic heterocycles. The molecule has 2 aliphatic rings. The Balaban J connectivity index is 1.59. The lowest BCUT2D eigenvalue weighted by molar-refractivity contribution is -0.147. The molecule has 1 aromatic carbocycles. The van der Waals surface area contributed by atoms with Crippen molar-refractivity contribution in [2.24, 2.45) is 11.3 Å². The van der Waals surface area contributed by atoms with Crippen molar-refractivity contribution in [3.63, 3.8) is 0 Å². The van der Waals surface area contributed by atoms with E-state index in [4.69, 9.17) is 0 Å². The summed E-state index contributed by atoms with van der Waals surface area (Å²) in [7, 11) is 0. The van der Waals surface area contributed by atoms with Crippen LogP contribution in [0.2, 0.25) is 0 Å². The summed E-state index contributed by atoms with van der Waals surface area (Å²) in [5, 5.41) is 9.35. The number of carbonyl (C=O) groups is 3. The molecule has 2 saturated heterocycles. The summed E-state index contributed by atoms with van der Waals surface area (Å²) < 4.78 is 0. The van der Waals surface area contributed by atoms with Gasteiger partial charge < -0.3 is 14.9 Å². The third-order valence-corrected chi connectivity index (χ3v) is 5.62. The first kappa shape index (κ1) is 18.4. The number of likely N-dealkylation sites (tertiary alicyclic amines) is 2. The van der Waals surface area contributed by atoms with Gasteiger partial charge in [-0.2, -0.15) is 0 Å². The van der Waals surface area contributed by atoms with Crippen LogP contribution in [0.1, 0.15) is 31.7 Å². The van der Waals surface area contributed by atoms with Crippen molar-refractivity contribution in [1.29, 1.82) is 0 Å². The van der Waals surface area contributed by atoms with Crippen molar-refractivity contribution < 1.29 is 19.5 Å². The Bertz CT molecular complexity index is 690. The van der Waals surface area contributed by atoms with Gasteiger partial charge in [0.1, 0.15) is 0 Å². The normalized spacial score (nSPS) is 26.0. The molecule has 2 fully saturated rings. The molecule has 0 radical (unpaired) electrons. The Morgan fingerprint density at radius 2 is 1.88 bits per heavy atom. The Hall–Kier alpha value is -2.37. The number of rotatable bonds is 4. The van der Waals surface area contributed by atoms with E-state index in [0.29, 0.717) is 32.5 Å². The maximum Gasteiger partial charge on any atom is 0.311 e. The zero-order chi connectivity index (χ0) is 18.7. The lowest BCUT2D eigenvalue weighted by Crippen LogP contribution is -2.47. The van der Waals surface area contributed by atoms with Gasteiger partial charge in [-0.1, -0.05) is 30.3 Å². The molecular weight excluding hydrogens is 332 g/mol. The average Bonchev–Trinajstić information content (AvgIpc) is 3.06. The second kappa shape index (κ2) is 7.48.